The van der Waals surface area contributed by atoms with E-state index >= 15 is 0 Å². The van der Waals surface area contributed by atoms with Crippen LogP contribution in [-0.4, -0.2) is 11.1 Å². The third-order valence-electron chi connectivity index (χ3n) is 1.05. The van der Waals surface area contributed by atoms with Gasteiger partial charge in [0, 0.05) is 0 Å². The van der Waals surface area contributed by atoms with Gasteiger partial charge in [-0.3, -0.25) is 4.79 Å². The van der Waals surface area contributed by atoms with Gasteiger partial charge in [0.05, 0.1) is 18.4 Å². The van der Waals surface area contributed by atoms with Crippen LogP contribution in [0.25, 0.3) is 0 Å². The first-order chi connectivity index (χ1) is 4.72. The number of aliphatic carboxylic acids is 1. The Morgan fingerprint density at radius 3 is 2.80 bits per heavy atom. The first-order valence-corrected chi connectivity index (χ1v) is 2.95. The van der Waals surface area contributed by atoms with Crippen LogP contribution in [0.3, 0.4) is 0 Å². The number of carboxylic acids is 1. The predicted octanol–water partition coefficient (Wildman–Crippen LogP) is 1.18. The van der Waals surface area contributed by atoms with E-state index in [-0.39, 0.29) is 6.42 Å². The summed E-state index contributed by atoms with van der Waals surface area (Å²) in [6, 6.07) is 1.80. The van der Waals surface area contributed by atoms with Crippen molar-refractivity contribution >= 4 is 5.97 Å². The van der Waals surface area contributed by atoms with Crippen LogP contribution in [0.15, 0.2) is 12.2 Å². The standard InChI is InChI=1S/C7H9NO2/c1-2-3-6(4-5-8)7(9)10/h2-3,6H,4H2,1H3,(H,9,10)/b3-2+/t6-/m1/s1. The third kappa shape index (κ3) is 2.88. The van der Waals surface area contributed by atoms with Crippen LogP contribution in [0.5, 0.6) is 0 Å². The molecule has 0 aromatic carbocycles. The monoisotopic (exact) mass is 139 g/mol. The van der Waals surface area contributed by atoms with Gasteiger partial charge < -0.3 is 5.11 Å². The average Bonchev–Trinajstić information content (AvgIpc) is 1.87. The molecule has 0 aliphatic rings. The maximum Gasteiger partial charge on any atom is 0.311 e. The molecular formula is C7H9NO2. The van der Waals surface area contributed by atoms with Gasteiger partial charge in [-0.05, 0) is 6.92 Å². The molecule has 0 bridgehead atoms. The Morgan fingerprint density at radius 2 is 2.50 bits per heavy atom. The van der Waals surface area contributed by atoms with Crippen LogP contribution in [0.2, 0.25) is 0 Å². The SMILES string of the molecule is C/C=C/[C@H](CC#N)C(=O)O. The molecule has 3 nitrogen and oxygen atoms in total. The van der Waals surface area contributed by atoms with E-state index in [4.69, 9.17) is 10.4 Å². The zero-order valence-electron chi connectivity index (χ0n) is 5.74. The summed E-state index contributed by atoms with van der Waals surface area (Å²) in [6.45, 7) is 1.73. The lowest BCUT2D eigenvalue weighted by molar-refractivity contribution is -0.139. The second kappa shape index (κ2) is 4.57. The highest BCUT2D eigenvalue weighted by Gasteiger charge is 2.11. The van der Waals surface area contributed by atoms with Crippen molar-refractivity contribution in [1.29, 1.82) is 5.26 Å². The van der Waals surface area contributed by atoms with Gasteiger partial charge in [-0.15, -0.1) is 0 Å². The summed E-state index contributed by atoms with van der Waals surface area (Å²) in [5.74, 6) is -1.59. The van der Waals surface area contributed by atoms with Crippen molar-refractivity contribution in [2.24, 2.45) is 5.92 Å². The first-order valence-electron chi connectivity index (χ1n) is 2.95. The van der Waals surface area contributed by atoms with Crippen molar-refractivity contribution in [2.45, 2.75) is 13.3 Å². The lowest BCUT2D eigenvalue weighted by Crippen LogP contribution is -2.09. The second-order valence-electron chi connectivity index (χ2n) is 1.83. The van der Waals surface area contributed by atoms with Crippen LogP contribution in [0.1, 0.15) is 13.3 Å². The maximum absolute atomic E-state index is 10.3. The van der Waals surface area contributed by atoms with E-state index in [0.717, 1.165) is 0 Å². The number of rotatable bonds is 3. The highest BCUT2D eigenvalue weighted by molar-refractivity contribution is 5.72. The van der Waals surface area contributed by atoms with Gasteiger partial charge in [0.25, 0.3) is 0 Å². The Labute approximate surface area is 59.6 Å². The molecule has 0 saturated carbocycles. The van der Waals surface area contributed by atoms with Crippen molar-refractivity contribution in [2.75, 3.05) is 0 Å². The normalized spacial score (nSPS) is 12.8. The summed E-state index contributed by atoms with van der Waals surface area (Å²) < 4.78 is 0. The van der Waals surface area contributed by atoms with Gasteiger partial charge in [0.15, 0.2) is 0 Å². The fourth-order valence-corrected chi connectivity index (χ4v) is 0.568. The molecular weight excluding hydrogens is 130 g/mol. The molecule has 0 aliphatic carbocycles. The maximum atomic E-state index is 10.3. The van der Waals surface area contributed by atoms with Gasteiger partial charge in [-0.2, -0.15) is 5.26 Å². The highest BCUT2D eigenvalue weighted by atomic mass is 16.4. The fourth-order valence-electron chi connectivity index (χ4n) is 0.568. The van der Waals surface area contributed by atoms with E-state index in [0.29, 0.717) is 0 Å². The molecule has 0 fully saturated rings. The smallest absolute Gasteiger partial charge is 0.311 e. The summed E-state index contributed by atoms with van der Waals surface area (Å²) in [5, 5.41) is 16.6. The number of hydrogen-bond donors (Lipinski definition) is 1. The highest BCUT2D eigenvalue weighted by Crippen LogP contribution is 2.03. The molecule has 0 saturated heterocycles. The molecule has 0 spiro atoms. The Kier molecular flexibility index (Phi) is 3.97. The lowest BCUT2D eigenvalue weighted by atomic mass is 10.1. The topological polar surface area (TPSA) is 61.1 Å². The second-order valence-corrected chi connectivity index (χ2v) is 1.83. The quantitative estimate of drug-likeness (QED) is 0.597. The minimum absolute atomic E-state index is 0.0413. The van der Waals surface area contributed by atoms with E-state index in [1.165, 1.54) is 6.08 Å². The largest absolute Gasteiger partial charge is 0.481 e. The molecule has 10 heavy (non-hydrogen) atoms. The Balaban J connectivity index is 4.01. The Hall–Kier alpha value is -1.30. The molecule has 0 aromatic rings. The average molecular weight is 139 g/mol. The van der Waals surface area contributed by atoms with Crippen molar-refractivity contribution in [3.8, 4) is 6.07 Å². The summed E-state index contributed by atoms with van der Waals surface area (Å²) in [5.41, 5.74) is 0. The van der Waals surface area contributed by atoms with E-state index in [2.05, 4.69) is 0 Å². The molecule has 0 aromatic heterocycles. The molecule has 0 amide bonds. The third-order valence-corrected chi connectivity index (χ3v) is 1.05. The molecule has 0 radical (unpaired) electrons. The summed E-state index contributed by atoms with van der Waals surface area (Å²) in [7, 11) is 0. The molecule has 0 aliphatic heterocycles. The fraction of sp³-hybridized carbons (Fsp3) is 0.429. The van der Waals surface area contributed by atoms with Gasteiger partial charge in [-0.1, -0.05) is 12.2 Å². The van der Waals surface area contributed by atoms with Crippen LogP contribution in [-0.2, 0) is 4.79 Å². The number of hydrogen-bond acceptors (Lipinski definition) is 2. The number of nitrogens with zero attached hydrogens (tertiary/aromatic N) is 1. The molecule has 54 valence electrons. The molecule has 1 N–H and O–H groups in total. The Morgan fingerprint density at radius 1 is 1.90 bits per heavy atom. The minimum Gasteiger partial charge on any atom is -0.481 e. The molecule has 0 rings (SSSR count). The van der Waals surface area contributed by atoms with E-state index in [1.807, 2.05) is 0 Å². The van der Waals surface area contributed by atoms with Gasteiger partial charge in [-0.25, -0.2) is 0 Å². The number of allylic oxidation sites excluding steroid dienone is 1. The number of nitriles is 1. The number of carboxylic acid groups (broad SMARTS) is 1. The zero-order valence-corrected chi connectivity index (χ0v) is 5.74. The van der Waals surface area contributed by atoms with Crippen molar-refractivity contribution in [3.05, 3.63) is 12.2 Å². The Bertz CT molecular complexity index is 179. The van der Waals surface area contributed by atoms with Crippen LogP contribution >= 0.6 is 0 Å². The van der Waals surface area contributed by atoms with E-state index in [1.54, 1.807) is 19.1 Å². The van der Waals surface area contributed by atoms with Crippen molar-refractivity contribution in [3.63, 3.8) is 0 Å². The van der Waals surface area contributed by atoms with Gasteiger partial charge >= 0.3 is 5.97 Å². The zero-order chi connectivity index (χ0) is 7.98. The van der Waals surface area contributed by atoms with E-state index in [9.17, 15) is 4.79 Å². The lowest BCUT2D eigenvalue weighted by Gasteiger charge is -1.98. The van der Waals surface area contributed by atoms with E-state index < -0.39 is 11.9 Å². The molecule has 0 unspecified atom stereocenters. The summed E-state index contributed by atoms with van der Waals surface area (Å²) in [4.78, 5) is 10.3. The first kappa shape index (κ1) is 8.70. The molecule has 0 heterocycles. The van der Waals surface area contributed by atoms with Gasteiger partial charge in [0.1, 0.15) is 0 Å². The minimum atomic E-state index is -0.945. The van der Waals surface area contributed by atoms with Crippen LogP contribution in [0, 0.1) is 17.2 Å². The van der Waals surface area contributed by atoms with Crippen molar-refractivity contribution in [1.82, 2.24) is 0 Å². The summed E-state index contributed by atoms with van der Waals surface area (Å²) >= 11 is 0. The summed E-state index contributed by atoms with van der Waals surface area (Å²) in [6.07, 6.45) is 3.18. The van der Waals surface area contributed by atoms with Gasteiger partial charge in [0.2, 0.25) is 0 Å². The predicted molar refractivity (Wildman–Crippen MR) is 36.2 cm³/mol. The molecule has 3 heteroatoms. The number of carbonyl (C=O) groups is 1. The molecule has 1 atom stereocenters. The van der Waals surface area contributed by atoms with Crippen LogP contribution in [0.4, 0.5) is 0 Å². The van der Waals surface area contributed by atoms with Crippen LogP contribution < -0.4 is 0 Å². The van der Waals surface area contributed by atoms with Crippen molar-refractivity contribution < 1.29 is 9.90 Å².